The highest BCUT2D eigenvalue weighted by atomic mass is 32.1. The third-order valence-electron chi connectivity index (χ3n) is 5.14. The Morgan fingerprint density at radius 1 is 1.19 bits per heavy atom. The van der Waals surface area contributed by atoms with Gasteiger partial charge in [-0.05, 0) is 50.1 Å². The zero-order valence-corrected chi connectivity index (χ0v) is 16.5. The van der Waals surface area contributed by atoms with Crippen molar-refractivity contribution in [2.75, 3.05) is 13.7 Å². The van der Waals surface area contributed by atoms with E-state index in [0.717, 1.165) is 40.5 Å². The summed E-state index contributed by atoms with van der Waals surface area (Å²) in [6.07, 6.45) is 0.976. The Morgan fingerprint density at radius 3 is 2.67 bits per heavy atom. The van der Waals surface area contributed by atoms with Crippen LogP contribution in [0.15, 0.2) is 48.5 Å². The number of carbonyl (C=O) groups is 1. The fourth-order valence-electron chi connectivity index (χ4n) is 3.37. The maximum Gasteiger partial charge on any atom is 0.254 e. The lowest BCUT2D eigenvalue weighted by atomic mass is 9.93. The molecule has 1 aliphatic heterocycles. The van der Waals surface area contributed by atoms with Crippen LogP contribution >= 0.6 is 11.3 Å². The van der Waals surface area contributed by atoms with Crippen LogP contribution < -0.4 is 4.74 Å². The molecule has 1 aromatic heterocycles. The van der Waals surface area contributed by atoms with Gasteiger partial charge in [-0.25, -0.2) is 4.98 Å². The van der Waals surface area contributed by atoms with Crippen LogP contribution in [-0.4, -0.2) is 29.4 Å². The van der Waals surface area contributed by atoms with Gasteiger partial charge in [-0.1, -0.05) is 24.3 Å². The van der Waals surface area contributed by atoms with Crippen molar-refractivity contribution in [2.45, 2.75) is 26.3 Å². The minimum absolute atomic E-state index is 0.0703. The second kappa shape index (κ2) is 7.16. The van der Waals surface area contributed by atoms with E-state index < -0.39 is 0 Å². The average Bonchev–Trinajstić information content (AvgIpc) is 3.00. The average molecular weight is 378 g/mol. The van der Waals surface area contributed by atoms with Crippen molar-refractivity contribution in [3.63, 3.8) is 0 Å². The molecule has 2 aromatic carbocycles. The van der Waals surface area contributed by atoms with Gasteiger partial charge < -0.3 is 9.64 Å². The number of carbonyl (C=O) groups excluding carboxylic acids is 1. The van der Waals surface area contributed by atoms with E-state index in [0.29, 0.717) is 5.56 Å². The minimum Gasteiger partial charge on any atom is -0.497 e. The van der Waals surface area contributed by atoms with E-state index in [4.69, 9.17) is 4.74 Å². The molecule has 1 aliphatic rings. The third kappa shape index (κ3) is 3.35. The summed E-state index contributed by atoms with van der Waals surface area (Å²) in [5.74, 6) is 0.893. The topological polar surface area (TPSA) is 42.4 Å². The second-order valence-corrected chi connectivity index (χ2v) is 8.02. The summed E-state index contributed by atoms with van der Waals surface area (Å²) in [4.78, 5) is 20.9. The molecule has 0 saturated carbocycles. The number of aryl methyl sites for hydroxylation is 2. The van der Waals surface area contributed by atoms with Gasteiger partial charge in [-0.2, -0.15) is 0 Å². The molecule has 1 atom stereocenters. The van der Waals surface area contributed by atoms with Crippen molar-refractivity contribution in [3.8, 4) is 16.3 Å². The van der Waals surface area contributed by atoms with E-state index in [9.17, 15) is 4.79 Å². The Bertz CT molecular complexity index is 976. The van der Waals surface area contributed by atoms with Crippen molar-refractivity contribution in [3.05, 3.63) is 70.2 Å². The largest absolute Gasteiger partial charge is 0.497 e. The number of likely N-dealkylation sites (tertiary alicyclic amines) is 1. The molecule has 1 saturated heterocycles. The lowest BCUT2D eigenvalue weighted by molar-refractivity contribution is 0.0460. The molecule has 0 spiro atoms. The molecule has 1 fully saturated rings. The van der Waals surface area contributed by atoms with E-state index in [1.807, 2.05) is 54.3 Å². The summed E-state index contributed by atoms with van der Waals surface area (Å²) in [5, 5.41) is 0.965. The molecule has 3 aromatic rings. The Morgan fingerprint density at radius 2 is 2.00 bits per heavy atom. The second-order valence-electron chi connectivity index (χ2n) is 6.82. The van der Waals surface area contributed by atoms with Crippen LogP contribution in [0.3, 0.4) is 0 Å². The molecule has 1 amide bonds. The number of hydrogen-bond donors (Lipinski definition) is 0. The Hall–Kier alpha value is -2.66. The number of thiazole rings is 1. The number of aromatic nitrogens is 1. The van der Waals surface area contributed by atoms with Crippen LogP contribution in [0.4, 0.5) is 0 Å². The Kier molecular flexibility index (Phi) is 4.70. The van der Waals surface area contributed by atoms with E-state index in [1.165, 1.54) is 4.88 Å². The molecule has 0 unspecified atom stereocenters. The van der Waals surface area contributed by atoms with Gasteiger partial charge in [0, 0.05) is 22.5 Å². The van der Waals surface area contributed by atoms with Gasteiger partial charge in [0.15, 0.2) is 0 Å². The Labute approximate surface area is 163 Å². The first-order valence-electron chi connectivity index (χ1n) is 9.06. The van der Waals surface area contributed by atoms with Crippen molar-refractivity contribution in [2.24, 2.45) is 0 Å². The summed E-state index contributed by atoms with van der Waals surface area (Å²) in [5.41, 5.74) is 3.88. The predicted octanol–water partition coefficient (Wildman–Crippen LogP) is 5.02. The van der Waals surface area contributed by atoms with Crippen LogP contribution in [-0.2, 0) is 0 Å². The normalized spacial score (nSPS) is 16.1. The molecular weight excluding hydrogens is 356 g/mol. The minimum atomic E-state index is 0.0703. The van der Waals surface area contributed by atoms with E-state index >= 15 is 0 Å². The highest BCUT2D eigenvalue weighted by Gasteiger charge is 2.34. The van der Waals surface area contributed by atoms with E-state index in [-0.39, 0.29) is 11.9 Å². The fourth-order valence-corrected chi connectivity index (χ4v) is 4.28. The molecule has 138 valence electrons. The van der Waals surface area contributed by atoms with Crippen molar-refractivity contribution in [1.82, 2.24) is 9.88 Å². The monoisotopic (exact) mass is 378 g/mol. The first-order valence-corrected chi connectivity index (χ1v) is 9.88. The fraction of sp³-hybridized carbons (Fsp3) is 0.273. The van der Waals surface area contributed by atoms with Gasteiger partial charge in [0.05, 0.1) is 18.8 Å². The van der Waals surface area contributed by atoms with E-state index in [2.05, 4.69) is 18.0 Å². The molecule has 0 aliphatic carbocycles. The van der Waals surface area contributed by atoms with Crippen molar-refractivity contribution < 1.29 is 9.53 Å². The molecule has 0 bridgehead atoms. The quantitative estimate of drug-likeness (QED) is 0.640. The summed E-state index contributed by atoms with van der Waals surface area (Å²) < 4.78 is 5.32. The third-order valence-corrected chi connectivity index (χ3v) is 6.27. The summed E-state index contributed by atoms with van der Waals surface area (Å²) in [6, 6.07) is 15.9. The van der Waals surface area contributed by atoms with Gasteiger partial charge in [-0.3, -0.25) is 4.79 Å². The maximum atomic E-state index is 13.1. The van der Waals surface area contributed by atoms with Gasteiger partial charge in [0.2, 0.25) is 0 Å². The van der Waals surface area contributed by atoms with Gasteiger partial charge in [0.1, 0.15) is 10.8 Å². The maximum absolute atomic E-state index is 13.1. The van der Waals surface area contributed by atoms with E-state index in [1.54, 1.807) is 18.4 Å². The first kappa shape index (κ1) is 17.7. The summed E-state index contributed by atoms with van der Waals surface area (Å²) in [7, 11) is 1.66. The van der Waals surface area contributed by atoms with Gasteiger partial charge in [-0.15, -0.1) is 11.3 Å². The summed E-state index contributed by atoms with van der Waals surface area (Å²) in [6.45, 7) is 4.87. The number of amides is 1. The van der Waals surface area contributed by atoms with Crippen molar-refractivity contribution in [1.29, 1.82) is 0 Å². The predicted molar refractivity (Wildman–Crippen MR) is 108 cm³/mol. The molecule has 4 nitrogen and oxygen atoms in total. The zero-order valence-electron chi connectivity index (χ0n) is 15.7. The standard InChI is InChI=1S/C22H22N2O2S/c1-14-15(2)27-21(23-14)17-7-4-8-18(12-17)22(25)24-11-10-20(24)16-6-5-9-19(13-16)26-3/h4-9,12-13,20H,10-11H2,1-3H3/t20-/m1/s1. The molecule has 27 heavy (non-hydrogen) atoms. The number of benzene rings is 2. The van der Waals surface area contributed by atoms with Gasteiger partial charge in [0.25, 0.3) is 5.91 Å². The number of rotatable bonds is 4. The zero-order chi connectivity index (χ0) is 19.0. The Balaban J connectivity index is 1.58. The highest BCUT2D eigenvalue weighted by Crippen LogP contribution is 2.36. The number of methoxy groups -OCH3 is 1. The van der Waals surface area contributed by atoms with Crippen molar-refractivity contribution >= 4 is 17.2 Å². The number of hydrogen-bond acceptors (Lipinski definition) is 4. The SMILES string of the molecule is COc1cccc([C@H]2CCN2C(=O)c2cccc(-c3nc(C)c(C)s3)c2)c1. The van der Waals surface area contributed by atoms with Crippen LogP contribution in [0.2, 0.25) is 0 Å². The number of ether oxygens (including phenoxy) is 1. The van der Waals surface area contributed by atoms with Gasteiger partial charge >= 0.3 is 0 Å². The van der Waals surface area contributed by atoms with Crippen LogP contribution in [0, 0.1) is 13.8 Å². The van der Waals surface area contributed by atoms with Crippen LogP contribution in [0.1, 0.15) is 39.0 Å². The molecule has 0 N–H and O–H groups in total. The molecular formula is C22H22N2O2S. The lowest BCUT2D eigenvalue weighted by Gasteiger charge is -2.41. The molecule has 0 radical (unpaired) electrons. The summed E-state index contributed by atoms with van der Waals surface area (Å²) >= 11 is 1.67. The molecule has 5 heteroatoms. The molecule has 2 heterocycles. The highest BCUT2D eigenvalue weighted by molar-refractivity contribution is 7.15. The lowest BCUT2D eigenvalue weighted by Crippen LogP contribution is -2.45. The van der Waals surface area contributed by atoms with Crippen LogP contribution in [0.5, 0.6) is 5.75 Å². The molecule has 4 rings (SSSR count). The van der Waals surface area contributed by atoms with Crippen LogP contribution in [0.25, 0.3) is 10.6 Å². The smallest absolute Gasteiger partial charge is 0.254 e. The first-order chi connectivity index (χ1) is 13.1. The number of nitrogens with zero attached hydrogens (tertiary/aromatic N) is 2.